The Bertz CT molecular complexity index is 195. The van der Waals surface area contributed by atoms with Crippen molar-refractivity contribution in [1.29, 1.82) is 0 Å². The maximum atomic E-state index is 3.79. The Balaban J connectivity index is 1.74. The standard InChI is InChI=1S/C13H26N2/c1-4-13(6-5-7-13)10-14-12-8-11(2)15(3)9-12/h11-12,14H,4-10H2,1-3H3. The van der Waals surface area contributed by atoms with Crippen molar-refractivity contribution in [3.63, 3.8) is 0 Å². The van der Waals surface area contributed by atoms with Gasteiger partial charge in [0.25, 0.3) is 0 Å². The fraction of sp³-hybridized carbons (Fsp3) is 1.00. The van der Waals surface area contributed by atoms with E-state index in [1.807, 2.05) is 0 Å². The van der Waals surface area contributed by atoms with E-state index in [2.05, 4.69) is 31.1 Å². The molecule has 2 fully saturated rings. The minimum absolute atomic E-state index is 0.671. The van der Waals surface area contributed by atoms with Crippen LogP contribution in [-0.2, 0) is 0 Å². The summed E-state index contributed by atoms with van der Waals surface area (Å²) in [6.07, 6.45) is 7.05. The predicted molar refractivity (Wildman–Crippen MR) is 65.1 cm³/mol. The fourth-order valence-electron chi connectivity index (χ4n) is 3.03. The summed E-state index contributed by atoms with van der Waals surface area (Å²) in [7, 11) is 2.24. The van der Waals surface area contributed by atoms with Crippen LogP contribution in [0.25, 0.3) is 0 Å². The van der Waals surface area contributed by atoms with Crippen LogP contribution >= 0.6 is 0 Å². The van der Waals surface area contributed by atoms with Crippen LogP contribution < -0.4 is 5.32 Å². The van der Waals surface area contributed by atoms with E-state index < -0.39 is 0 Å². The van der Waals surface area contributed by atoms with Crippen LogP contribution in [-0.4, -0.2) is 37.1 Å². The van der Waals surface area contributed by atoms with E-state index in [0.717, 1.165) is 12.1 Å². The largest absolute Gasteiger partial charge is 0.312 e. The van der Waals surface area contributed by atoms with E-state index in [1.165, 1.54) is 45.2 Å². The molecule has 0 aromatic heterocycles. The maximum Gasteiger partial charge on any atom is 0.0210 e. The summed E-state index contributed by atoms with van der Waals surface area (Å²) >= 11 is 0. The number of rotatable bonds is 4. The first-order valence-electron chi connectivity index (χ1n) is 6.59. The topological polar surface area (TPSA) is 15.3 Å². The summed E-state index contributed by atoms with van der Waals surface area (Å²) < 4.78 is 0. The van der Waals surface area contributed by atoms with Gasteiger partial charge in [-0.05, 0) is 45.1 Å². The van der Waals surface area contributed by atoms with Gasteiger partial charge < -0.3 is 10.2 Å². The zero-order chi connectivity index (χ0) is 10.9. The normalized spacial score (nSPS) is 35.4. The number of nitrogens with zero attached hydrogens (tertiary/aromatic N) is 1. The lowest BCUT2D eigenvalue weighted by molar-refractivity contribution is 0.119. The lowest BCUT2D eigenvalue weighted by Gasteiger charge is -2.42. The van der Waals surface area contributed by atoms with Crippen LogP contribution in [0, 0.1) is 5.41 Å². The maximum absolute atomic E-state index is 3.79. The van der Waals surface area contributed by atoms with Crippen molar-refractivity contribution in [3.05, 3.63) is 0 Å². The first-order valence-corrected chi connectivity index (χ1v) is 6.59. The molecule has 2 unspecified atom stereocenters. The summed E-state index contributed by atoms with van der Waals surface area (Å²) in [5.74, 6) is 0. The van der Waals surface area contributed by atoms with Crippen molar-refractivity contribution in [2.75, 3.05) is 20.1 Å². The smallest absolute Gasteiger partial charge is 0.0210 e. The Hall–Kier alpha value is -0.0800. The van der Waals surface area contributed by atoms with Crippen molar-refractivity contribution in [3.8, 4) is 0 Å². The summed E-state index contributed by atoms with van der Waals surface area (Å²) in [5.41, 5.74) is 0.671. The number of hydrogen-bond acceptors (Lipinski definition) is 2. The Kier molecular flexibility index (Phi) is 3.36. The molecule has 0 spiro atoms. The van der Waals surface area contributed by atoms with E-state index >= 15 is 0 Å². The monoisotopic (exact) mass is 210 g/mol. The van der Waals surface area contributed by atoms with Gasteiger partial charge in [-0.15, -0.1) is 0 Å². The first-order chi connectivity index (χ1) is 7.15. The molecular weight excluding hydrogens is 184 g/mol. The third-order valence-electron chi connectivity index (χ3n) is 4.82. The van der Waals surface area contributed by atoms with Gasteiger partial charge >= 0.3 is 0 Å². The van der Waals surface area contributed by atoms with Crippen molar-refractivity contribution < 1.29 is 0 Å². The van der Waals surface area contributed by atoms with Gasteiger partial charge in [-0.2, -0.15) is 0 Å². The Morgan fingerprint density at radius 3 is 2.53 bits per heavy atom. The molecule has 1 aliphatic heterocycles. The Morgan fingerprint density at radius 1 is 1.40 bits per heavy atom. The second kappa shape index (κ2) is 4.42. The highest BCUT2D eigenvalue weighted by Crippen LogP contribution is 2.43. The summed E-state index contributed by atoms with van der Waals surface area (Å²) in [6.45, 7) is 7.18. The summed E-state index contributed by atoms with van der Waals surface area (Å²) in [4.78, 5) is 2.47. The molecule has 0 bridgehead atoms. The summed E-state index contributed by atoms with van der Waals surface area (Å²) in [6, 6.07) is 1.51. The molecular formula is C13H26N2. The molecule has 88 valence electrons. The van der Waals surface area contributed by atoms with Crippen LogP contribution in [0.4, 0.5) is 0 Å². The van der Waals surface area contributed by atoms with Crippen molar-refractivity contribution in [1.82, 2.24) is 10.2 Å². The first kappa shape index (κ1) is 11.4. The molecule has 15 heavy (non-hydrogen) atoms. The van der Waals surface area contributed by atoms with Gasteiger partial charge in [0.2, 0.25) is 0 Å². The molecule has 1 saturated heterocycles. The second-order valence-electron chi connectivity index (χ2n) is 5.81. The molecule has 2 rings (SSSR count). The van der Waals surface area contributed by atoms with E-state index in [0.29, 0.717) is 5.41 Å². The van der Waals surface area contributed by atoms with Gasteiger partial charge in [-0.1, -0.05) is 13.3 Å². The quantitative estimate of drug-likeness (QED) is 0.765. The van der Waals surface area contributed by atoms with Gasteiger partial charge in [0, 0.05) is 25.2 Å². The van der Waals surface area contributed by atoms with E-state index in [1.54, 1.807) is 0 Å². The minimum Gasteiger partial charge on any atom is -0.312 e. The molecule has 2 aliphatic rings. The average molecular weight is 210 g/mol. The lowest BCUT2D eigenvalue weighted by atomic mass is 9.67. The van der Waals surface area contributed by atoms with Gasteiger partial charge in [0.05, 0.1) is 0 Å². The minimum atomic E-state index is 0.671. The van der Waals surface area contributed by atoms with Gasteiger partial charge in [0.1, 0.15) is 0 Å². The lowest BCUT2D eigenvalue weighted by Crippen LogP contribution is -2.44. The average Bonchev–Trinajstić information content (AvgIpc) is 2.45. The van der Waals surface area contributed by atoms with Gasteiger partial charge in [-0.3, -0.25) is 0 Å². The van der Waals surface area contributed by atoms with Crippen LogP contribution in [0.2, 0.25) is 0 Å². The molecule has 2 heteroatoms. The molecule has 2 atom stereocenters. The third kappa shape index (κ3) is 2.36. The van der Waals surface area contributed by atoms with Crippen molar-refractivity contribution in [2.24, 2.45) is 5.41 Å². The van der Waals surface area contributed by atoms with Crippen LogP contribution in [0.15, 0.2) is 0 Å². The highest BCUT2D eigenvalue weighted by molar-refractivity contribution is 4.92. The van der Waals surface area contributed by atoms with Crippen molar-refractivity contribution >= 4 is 0 Å². The second-order valence-corrected chi connectivity index (χ2v) is 5.81. The van der Waals surface area contributed by atoms with Crippen molar-refractivity contribution in [2.45, 2.75) is 58.0 Å². The number of nitrogens with one attached hydrogen (secondary N) is 1. The Labute approximate surface area is 94.4 Å². The summed E-state index contributed by atoms with van der Waals surface area (Å²) in [5, 5.41) is 3.79. The SMILES string of the molecule is CCC1(CNC2CC(C)N(C)C2)CCC1. The molecule has 2 nitrogen and oxygen atoms in total. The van der Waals surface area contributed by atoms with Gasteiger partial charge in [-0.25, -0.2) is 0 Å². The highest BCUT2D eigenvalue weighted by Gasteiger charge is 2.36. The number of likely N-dealkylation sites (tertiary alicyclic amines) is 1. The predicted octanol–water partition coefficient (Wildman–Crippen LogP) is 2.25. The fourth-order valence-corrected chi connectivity index (χ4v) is 3.03. The molecule has 1 heterocycles. The Morgan fingerprint density at radius 2 is 2.13 bits per heavy atom. The zero-order valence-corrected chi connectivity index (χ0v) is 10.6. The van der Waals surface area contributed by atoms with Crippen LogP contribution in [0.5, 0.6) is 0 Å². The molecule has 0 amide bonds. The van der Waals surface area contributed by atoms with E-state index in [4.69, 9.17) is 0 Å². The third-order valence-corrected chi connectivity index (χ3v) is 4.82. The molecule has 1 aliphatic carbocycles. The van der Waals surface area contributed by atoms with Crippen LogP contribution in [0.3, 0.4) is 0 Å². The number of likely N-dealkylation sites (N-methyl/N-ethyl adjacent to an activating group) is 1. The molecule has 0 aromatic rings. The molecule has 0 aromatic carbocycles. The molecule has 0 radical (unpaired) electrons. The van der Waals surface area contributed by atoms with E-state index in [9.17, 15) is 0 Å². The zero-order valence-electron chi connectivity index (χ0n) is 10.6. The molecule has 1 N–H and O–H groups in total. The van der Waals surface area contributed by atoms with Gasteiger partial charge in [0.15, 0.2) is 0 Å². The van der Waals surface area contributed by atoms with E-state index in [-0.39, 0.29) is 0 Å². The highest BCUT2D eigenvalue weighted by atomic mass is 15.2. The molecule has 1 saturated carbocycles. The van der Waals surface area contributed by atoms with Crippen LogP contribution in [0.1, 0.15) is 46.0 Å². The number of hydrogen-bond donors (Lipinski definition) is 1.